The third-order valence-corrected chi connectivity index (χ3v) is 4.36. The minimum atomic E-state index is -0.743. The molecule has 30 heavy (non-hydrogen) atoms. The van der Waals surface area contributed by atoms with Crippen LogP contribution in [0.15, 0.2) is 53.0 Å². The predicted molar refractivity (Wildman–Crippen MR) is 105 cm³/mol. The first kappa shape index (κ1) is 19.6. The number of hydrogen-bond donors (Lipinski definition) is 0. The summed E-state index contributed by atoms with van der Waals surface area (Å²) >= 11 is 0. The van der Waals surface area contributed by atoms with Gasteiger partial charge in [-0.25, -0.2) is 9.18 Å². The minimum absolute atomic E-state index is 0.145. The number of ether oxygens (including phenoxy) is 3. The van der Waals surface area contributed by atoms with Crippen molar-refractivity contribution >= 4 is 12.0 Å². The van der Waals surface area contributed by atoms with Crippen molar-refractivity contribution in [3.05, 3.63) is 65.8 Å². The Balaban J connectivity index is 1.38. The summed E-state index contributed by atoms with van der Waals surface area (Å²) in [5.74, 6) is 0.782. The summed E-state index contributed by atoms with van der Waals surface area (Å²) < 4.78 is 35.1. The first-order valence-corrected chi connectivity index (χ1v) is 9.46. The summed E-state index contributed by atoms with van der Waals surface area (Å²) in [5.41, 5.74) is 1.35. The van der Waals surface area contributed by atoms with E-state index in [1.165, 1.54) is 30.3 Å². The summed E-state index contributed by atoms with van der Waals surface area (Å²) in [4.78, 5) is 12.2. The lowest BCUT2D eigenvalue weighted by atomic mass is 10.2. The van der Waals surface area contributed by atoms with Crippen LogP contribution in [0.25, 0.3) is 17.5 Å². The zero-order valence-electron chi connectivity index (χ0n) is 16.2. The Morgan fingerprint density at radius 1 is 1.10 bits per heavy atom. The molecule has 4 rings (SSSR count). The van der Waals surface area contributed by atoms with E-state index < -0.39 is 12.1 Å². The predicted octanol–water partition coefficient (Wildman–Crippen LogP) is 4.35. The third kappa shape index (κ3) is 4.65. The van der Waals surface area contributed by atoms with Gasteiger partial charge in [-0.15, -0.1) is 10.2 Å². The van der Waals surface area contributed by atoms with E-state index >= 15 is 0 Å². The molecule has 1 atom stereocenters. The van der Waals surface area contributed by atoms with Crippen molar-refractivity contribution < 1.29 is 27.8 Å². The smallest absolute Gasteiger partial charge is 0.331 e. The van der Waals surface area contributed by atoms with Gasteiger partial charge in [0.25, 0.3) is 5.89 Å². The Labute approximate surface area is 172 Å². The van der Waals surface area contributed by atoms with Crippen LogP contribution in [0, 0.1) is 5.82 Å². The number of hydrogen-bond acceptors (Lipinski definition) is 7. The molecular formula is C22H19FN2O5. The molecule has 8 heteroatoms. The number of halogens is 1. The van der Waals surface area contributed by atoms with Gasteiger partial charge in [0.15, 0.2) is 17.6 Å². The van der Waals surface area contributed by atoms with E-state index in [9.17, 15) is 9.18 Å². The Morgan fingerprint density at radius 3 is 2.67 bits per heavy atom. The van der Waals surface area contributed by atoms with E-state index in [-0.39, 0.29) is 17.6 Å². The molecule has 0 radical (unpaired) electrons. The quantitative estimate of drug-likeness (QED) is 0.457. The van der Waals surface area contributed by atoms with Gasteiger partial charge in [0.1, 0.15) is 5.82 Å². The third-order valence-electron chi connectivity index (χ3n) is 4.36. The number of carbonyl (C=O) groups excluding carboxylic acids is 1. The van der Waals surface area contributed by atoms with E-state index in [1.54, 1.807) is 19.1 Å². The monoisotopic (exact) mass is 410 g/mol. The van der Waals surface area contributed by atoms with Crippen molar-refractivity contribution in [3.8, 4) is 23.0 Å². The highest BCUT2D eigenvalue weighted by Crippen LogP contribution is 2.31. The Kier molecular flexibility index (Phi) is 5.74. The van der Waals surface area contributed by atoms with Crippen molar-refractivity contribution in [2.75, 3.05) is 13.2 Å². The number of esters is 1. The lowest BCUT2D eigenvalue weighted by molar-refractivity contribution is -0.143. The normalized spacial score (nSPS) is 14.3. The van der Waals surface area contributed by atoms with Gasteiger partial charge in [-0.2, -0.15) is 0 Å². The Hall–Kier alpha value is -3.68. The molecule has 3 aromatic rings. The molecule has 0 saturated heterocycles. The number of rotatable bonds is 5. The molecule has 2 heterocycles. The summed E-state index contributed by atoms with van der Waals surface area (Å²) in [5, 5.41) is 7.81. The van der Waals surface area contributed by atoms with Crippen LogP contribution in [-0.4, -0.2) is 29.4 Å². The Bertz CT molecular complexity index is 1060. The molecule has 0 aliphatic carbocycles. The topological polar surface area (TPSA) is 83.7 Å². The molecule has 7 nitrogen and oxygen atoms in total. The van der Waals surface area contributed by atoms with Gasteiger partial charge in [-0.1, -0.05) is 6.07 Å². The second-order valence-electron chi connectivity index (χ2n) is 6.62. The first-order valence-electron chi connectivity index (χ1n) is 9.46. The van der Waals surface area contributed by atoms with E-state index in [4.69, 9.17) is 18.6 Å². The van der Waals surface area contributed by atoms with Crippen LogP contribution in [0.2, 0.25) is 0 Å². The SMILES string of the molecule is C[C@@H](OC(=O)/C=C/c1ccc2c(c1)OCCCO2)c1nnc(-c2ccc(F)cc2)o1. The van der Waals surface area contributed by atoms with Crippen molar-refractivity contribution in [3.63, 3.8) is 0 Å². The van der Waals surface area contributed by atoms with E-state index in [0.717, 1.165) is 12.0 Å². The maximum absolute atomic E-state index is 13.0. The molecule has 1 aliphatic heterocycles. The van der Waals surface area contributed by atoms with E-state index in [2.05, 4.69) is 10.2 Å². The summed E-state index contributed by atoms with van der Waals surface area (Å²) in [6.45, 7) is 2.83. The second kappa shape index (κ2) is 8.77. The van der Waals surface area contributed by atoms with E-state index in [1.807, 2.05) is 12.1 Å². The van der Waals surface area contributed by atoms with Gasteiger partial charge in [0, 0.05) is 18.1 Å². The maximum Gasteiger partial charge on any atom is 0.331 e. The maximum atomic E-state index is 13.0. The zero-order valence-corrected chi connectivity index (χ0v) is 16.2. The highest BCUT2D eigenvalue weighted by Gasteiger charge is 2.18. The second-order valence-corrected chi connectivity index (χ2v) is 6.62. The lowest BCUT2D eigenvalue weighted by Crippen LogP contribution is -2.06. The molecular weight excluding hydrogens is 391 g/mol. The minimum Gasteiger partial charge on any atom is -0.490 e. The largest absolute Gasteiger partial charge is 0.490 e. The summed E-state index contributed by atoms with van der Waals surface area (Å²) in [7, 11) is 0. The zero-order chi connectivity index (χ0) is 20.9. The van der Waals surface area contributed by atoms with Crippen molar-refractivity contribution in [1.29, 1.82) is 0 Å². The van der Waals surface area contributed by atoms with Crippen molar-refractivity contribution in [2.45, 2.75) is 19.4 Å². The number of aromatic nitrogens is 2. The average Bonchev–Trinajstić information content (AvgIpc) is 3.12. The van der Waals surface area contributed by atoms with Gasteiger partial charge < -0.3 is 18.6 Å². The average molecular weight is 410 g/mol. The lowest BCUT2D eigenvalue weighted by Gasteiger charge is -2.08. The molecule has 0 amide bonds. The molecule has 0 spiro atoms. The van der Waals surface area contributed by atoms with Gasteiger partial charge in [-0.3, -0.25) is 0 Å². The van der Waals surface area contributed by atoms with Gasteiger partial charge >= 0.3 is 5.97 Å². The molecule has 0 N–H and O–H groups in total. The van der Waals surface area contributed by atoms with Gasteiger partial charge in [0.05, 0.1) is 13.2 Å². The van der Waals surface area contributed by atoms with Crippen LogP contribution in [0.1, 0.15) is 30.9 Å². The molecule has 0 bridgehead atoms. The first-order chi connectivity index (χ1) is 14.6. The number of carbonyl (C=O) groups is 1. The fourth-order valence-corrected chi connectivity index (χ4v) is 2.82. The molecule has 0 fully saturated rings. The van der Waals surface area contributed by atoms with E-state index in [0.29, 0.717) is 30.3 Å². The molecule has 1 aliphatic rings. The number of fused-ring (bicyclic) bond motifs is 1. The van der Waals surface area contributed by atoms with Crippen LogP contribution in [-0.2, 0) is 9.53 Å². The standard InChI is InChI=1S/C22H19FN2O5/c1-14(21-24-25-22(30-21)16-5-7-17(23)8-6-16)29-20(26)10-4-15-3-9-18-19(13-15)28-12-2-11-27-18/h3-10,13-14H,2,11-12H2,1H3/b10-4+/t14-/m1/s1. The van der Waals surface area contributed by atoms with Crippen LogP contribution in [0.3, 0.4) is 0 Å². The number of benzene rings is 2. The molecule has 2 aromatic carbocycles. The number of nitrogens with zero attached hydrogens (tertiary/aromatic N) is 2. The highest BCUT2D eigenvalue weighted by atomic mass is 19.1. The van der Waals surface area contributed by atoms with Gasteiger partial charge in [-0.05, 0) is 55.0 Å². The van der Waals surface area contributed by atoms with Crippen LogP contribution >= 0.6 is 0 Å². The van der Waals surface area contributed by atoms with Crippen LogP contribution in [0.5, 0.6) is 11.5 Å². The van der Waals surface area contributed by atoms with Crippen molar-refractivity contribution in [1.82, 2.24) is 10.2 Å². The fraction of sp³-hybridized carbons (Fsp3) is 0.227. The summed E-state index contributed by atoms with van der Waals surface area (Å²) in [6.07, 6.45) is 3.02. The van der Waals surface area contributed by atoms with Crippen LogP contribution in [0.4, 0.5) is 4.39 Å². The van der Waals surface area contributed by atoms with Gasteiger partial charge in [0.2, 0.25) is 5.89 Å². The molecule has 0 unspecified atom stereocenters. The molecule has 1 aromatic heterocycles. The highest BCUT2D eigenvalue weighted by molar-refractivity contribution is 5.87. The molecule has 154 valence electrons. The molecule has 0 saturated carbocycles. The fourth-order valence-electron chi connectivity index (χ4n) is 2.82. The van der Waals surface area contributed by atoms with Crippen molar-refractivity contribution in [2.24, 2.45) is 0 Å². The summed E-state index contributed by atoms with van der Waals surface area (Å²) in [6, 6.07) is 11.1. The Morgan fingerprint density at radius 2 is 1.87 bits per heavy atom. The van der Waals surface area contributed by atoms with Crippen LogP contribution < -0.4 is 9.47 Å².